The molecule has 2 atom stereocenters. The Morgan fingerprint density at radius 3 is 1.98 bits per heavy atom. The third kappa shape index (κ3) is 8.71. The predicted molar refractivity (Wildman–Crippen MR) is 227 cm³/mol. The minimum absolute atomic E-state index is 0.0809. The van der Waals surface area contributed by atoms with Crippen molar-refractivity contribution in [3.05, 3.63) is 107 Å². The molecule has 0 spiro atoms. The van der Waals surface area contributed by atoms with Crippen molar-refractivity contribution in [3.8, 4) is 5.75 Å². The van der Waals surface area contributed by atoms with E-state index in [0.29, 0.717) is 23.8 Å². The molecule has 4 aliphatic rings. The summed E-state index contributed by atoms with van der Waals surface area (Å²) >= 11 is 0. The van der Waals surface area contributed by atoms with E-state index in [1.165, 1.54) is 46.0 Å². The Labute approximate surface area is 346 Å². The zero-order valence-electron chi connectivity index (χ0n) is 34.3. The molecular weight excluding hydrogens is 774 g/mol. The van der Waals surface area contributed by atoms with Gasteiger partial charge in [-0.1, -0.05) is 68.0 Å². The Balaban J connectivity index is 0.909. The molecule has 2 heterocycles. The zero-order valence-corrected chi connectivity index (χ0v) is 35.1. The fourth-order valence-corrected chi connectivity index (χ4v) is 10.8. The average Bonchev–Trinajstić information content (AvgIpc) is 3.69. The normalized spacial score (nSPS) is 24.3. The lowest BCUT2D eigenvalue weighted by molar-refractivity contribution is -0.112. The van der Waals surface area contributed by atoms with Gasteiger partial charge < -0.3 is 13.7 Å². The summed E-state index contributed by atoms with van der Waals surface area (Å²) < 4.78 is 72.2. The van der Waals surface area contributed by atoms with Crippen LogP contribution in [0.3, 0.4) is 0 Å². The fourth-order valence-electron chi connectivity index (χ4n) is 10.4. The number of hydrogen-bond acceptors (Lipinski definition) is 7. The second-order valence-corrected chi connectivity index (χ2v) is 19.4. The summed E-state index contributed by atoms with van der Waals surface area (Å²) in [4.78, 5) is 16.1. The first-order valence-electron chi connectivity index (χ1n) is 21.2. The molecular formula is C48H55F3N2O5S. The van der Waals surface area contributed by atoms with Gasteiger partial charge in [0.05, 0.1) is 12.4 Å². The van der Waals surface area contributed by atoms with Gasteiger partial charge in [-0.15, -0.1) is 0 Å². The molecule has 11 heteroatoms. The van der Waals surface area contributed by atoms with Gasteiger partial charge in [0.2, 0.25) is 0 Å². The number of halogens is 3. The lowest BCUT2D eigenvalue weighted by atomic mass is 9.80. The largest absolute Gasteiger partial charge is 0.534 e. The fraction of sp³-hybridized carbons (Fsp3) is 0.479. The standard InChI is InChI=1S/C48H55F3N2O5S/c1-4-57-44(38-17-21-53(22-18-38)31-37-7-11-42-27-43(13-12-41(42)26-37)58-59(55,56)48(49,50)51)29-47-28-35(8-14-45(47)46(47,2)3)23-34-5-9-40-25-36(6-10-39(40)24-34)30-52-19-15-33(32-54)16-20-52/h5-7,9-13,23-27,29,32-33,38,45H,4,8,14-22,28,30-31H2,1-3H3/b35-23+,44-29-. The van der Waals surface area contributed by atoms with Gasteiger partial charge in [0.1, 0.15) is 12.0 Å². The van der Waals surface area contributed by atoms with E-state index in [1.54, 1.807) is 12.1 Å². The van der Waals surface area contributed by atoms with Gasteiger partial charge in [-0.2, -0.15) is 21.6 Å². The van der Waals surface area contributed by atoms with E-state index >= 15 is 0 Å². The molecule has 2 unspecified atom stereocenters. The quantitative estimate of drug-likeness (QED) is 0.0609. The summed E-state index contributed by atoms with van der Waals surface area (Å²) in [5.41, 5.74) is -0.0471. The lowest BCUT2D eigenvalue weighted by Crippen LogP contribution is -2.34. The van der Waals surface area contributed by atoms with E-state index in [2.05, 4.69) is 83.3 Å². The molecule has 0 radical (unpaired) electrons. The van der Waals surface area contributed by atoms with E-state index in [0.717, 1.165) is 101 Å². The third-order valence-electron chi connectivity index (χ3n) is 13.9. The van der Waals surface area contributed by atoms with Gasteiger partial charge >= 0.3 is 15.6 Å². The first-order chi connectivity index (χ1) is 28.2. The van der Waals surface area contributed by atoms with Crippen LogP contribution in [0.25, 0.3) is 27.6 Å². The highest BCUT2D eigenvalue weighted by molar-refractivity contribution is 7.88. The molecule has 2 saturated carbocycles. The summed E-state index contributed by atoms with van der Waals surface area (Å²) in [5.74, 6) is 1.98. The van der Waals surface area contributed by atoms with Gasteiger partial charge in [0, 0.05) is 30.3 Å². The molecule has 4 fully saturated rings. The second kappa shape index (κ2) is 16.3. The highest BCUT2D eigenvalue weighted by Gasteiger charge is 2.70. The number of carbonyl (C=O) groups is 1. The number of benzene rings is 4. The van der Waals surface area contributed by atoms with E-state index in [4.69, 9.17) is 4.74 Å². The van der Waals surface area contributed by atoms with Crippen LogP contribution in [0.1, 0.15) is 82.4 Å². The molecule has 2 saturated heterocycles. The Kier molecular flexibility index (Phi) is 11.5. The first-order valence-corrected chi connectivity index (χ1v) is 22.6. The smallest absolute Gasteiger partial charge is 0.498 e. The number of allylic oxidation sites excluding steroid dienone is 3. The number of hydrogen-bond donors (Lipinski definition) is 0. The minimum Gasteiger partial charge on any atom is -0.498 e. The topological polar surface area (TPSA) is 76.2 Å². The number of fused-ring (bicyclic) bond motifs is 3. The maximum Gasteiger partial charge on any atom is 0.534 e. The van der Waals surface area contributed by atoms with Gasteiger partial charge in [-0.25, -0.2) is 0 Å². The van der Waals surface area contributed by atoms with Crippen molar-refractivity contribution in [3.63, 3.8) is 0 Å². The van der Waals surface area contributed by atoms with Crippen LogP contribution in [-0.2, 0) is 32.7 Å². The molecule has 4 aromatic rings. The number of likely N-dealkylation sites (tertiary alicyclic amines) is 2. The molecule has 4 aromatic carbocycles. The summed E-state index contributed by atoms with van der Waals surface area (Å²) in [5, 5.41) is 3.92. The van der Waals surface area contributed by atoms with Crippen molar-refractivity contribution in [2.45, 2.75) is 84.3 Å². The van der Waals surface area contributed by atoms with Crippen molar-refractivity contribution >= 4 is 44.0 Å². The summed E-state index contributed by atoms with van der Waals surface area (Å²) in [7, 11) is -5.73. The van der Waals surface area contributed by atoms with Crippen molar-refractivity contribution < 1.29 is 35.3 Å². The van der Waals surface area contributed by atoms with Crippen LogP contribution in [-0.4, -0.2) is 62.8 Å². The number of piperidine rings is 2. The van der Waals surface area contributed by atoms with Crippen LogP contribution in [0.2, 0.25) is 0 Å². The first kappa shape index (κ1) is 41.5. The van der Waals surface area contributed by atoms with Crippen LogP contribution in [0.4, 0.5) is 13.2 Å². The van der Waals surface area contributed by atoms with Crippen LogP contribution < -0.4 is 4.18 Å². The monoisotopic (exact) mass is 828 g/mol. The third-order valence-corrected chi connectivity index (χ3v) is 14.9. The van der Waals surface area contributed by atoms with Gasteiger partial charge in [0.15, 0.2) is 0 Å². The van der Waals surface area contributed by atoms with Crippen LogP contribution in [0.15, 0.2) is 90.2 Å². The summed E-state index contributed by atoms with van der Waals surface area (Å²) in [6.07, 6.45) is 13.3. The van der Waals surface area contributed by atoms with Crippen LogP contribution in [0, 0.1) is 28.6 Å². The lowest BCUT2D eigenvalue weighted by Gasteiger charge is -2.34. The van der Waals surface area contributed by atoms with Gasteiger partial charge in [-0.05, 0) is 164 Å². The van der Waals surface area contributed by atoms with Crippen LogP contribution in [0.5, 0.6) is 5.75 Å². The molecule has 314 valence electrons. The van der Waals surface area contributed by atoms with Gasteiger partial charge in [0.25, 0.3) is 0 Å². The number of nitrogens with zero attached hydrogens (tertiary/aromatic N) is 2. The van der Waals surface area contributed by atoms with Gasteiger partial charge in [-0.3, -0.25) is 9.80 Å². The molecule has 59 heavy (non-hydrogen) atoms. The second-order valence-electron chi connectivity index (χ2n) is 17.9. The highest BCUT2D eigenvalue weighted by Crippen LogP contribution is 2.76. The maximum atomic E-state index is 12.8. The molecule has 2 aliphatic carbocycles. The van der Waals surface area contributed by atoms with E-state index in [-0.39, 0.29) is 22.5 Å². The number of rotatable bonds is 12. The molecule has 7 nitrogen and oxygen atoms in total. The average molecular weight is 829 g/mol. The summed E-state index contributed by atoms with van der Waals surface area (Å²) in [6, 6.07) is 23.6. The Morgan fingerprint density at radius 1 is 0.797 bits per heavy atom. The molecule has 0 aromatic heterocycles. The molecule has 8 rings (SSSR count). The predicted octanol–water partition coefficient (Wildman–Crippen LogP) is 10.7. The molecule has 0 amide bonds. The summed E-state index contributed by atoms with van der Waals surface area (Å²) in [6.45, 7) is 13.0. The van der Waals surface area contributed by atoms with Crippen molar-refractivity contribution in [1.82, 2.24) is 9.80 Å². The highest BCUT2D eigenvalue weighted by atomic mass is 32.2. The van der Waals surface area contributed by atoms with Crippen molar-refractivity contribution in [2.24, 2.45) is 28.6 Å². The maximum absolute atomic E-state index is 12.8. The van der Waals surface area contributed by atoms with E-state index < -0.39 is 15.6 Å². The Hall–Kier alpha value is -4.19. The van der Waals surface area contributed by atoms with Crippen molar-refractivity contribution in [2.75, 3.05) is 32.8 Å². The molecule has 2 aliphatic heterocycles. The number of ether oxygens (including phenoxy) is 1. The van der Waals surface area contributed by atoms with E-state index in [1.807, 2.05) is 12.1 Å². The minimum atomic E-state index is -5.73. The SMILES string of the molecule is CCO/C(=C\C12C/C(=C/c3ccc4cc(CN5CCC(C=O)CC5)ccc4c3)CCC1C2(C)C)C1CCN(Cc2ccc3cc(OS(=O)(=O)C(F)(F)F)ccc3c2)CC1. The number of aldehydes is 1. The van der Waals surface area contributed by atoms with Crippen molar-refractivity contribution in [1.29, 1.82) is 0 Å². The Bertz CT molecular complexity index is 2370. The van der Waals surface area contributed by atoms with Crippen LogP contribution >= 0.6 is 0 Å². The number of carbonyl (C=O) groups excluding carboxylic acids is 1. The Morgan fingerprint density at radius 2 is 1.37 bits per heavy atom. The molecule has 0 N–H and O–H groups in total. The zero-order chi connectivity index (χ0) is 41.6. The van der Waals surface area contributed by atoms with E-state index in [9.17, 15) is 26.4 Å². The molecule has 0 bridgehead atoms. The number of alkyl halides is 3.